The molecule has 0 N–H and O–H groups in total. The van der Waals surface area contributed by atoms with Crippen LogP contribution in [0.1, 0.15) is 18.3 Å². The Balaban J connectivity index is 3.17. The highest BCUT2D eigenvalue weighted by Gasteiger charge is 2.02. The van der Waals surface area contributed by atoms with Gasteiger partial charge in [0, 0.05) is 23.3 Å². The van der Waals surface area contributed by atoms with Crippen molar-refractivity contribution in [2.45, 2.75) is 25.2 Å². The van der Waals surface area contributed by atoms with Crippen molar-refractivity contribution in [3.8, 4) is 0 Å². The van der Waals surface area contributed by atoms with Gasteiger partial charge in [-0.3, -0.25) is 0 Å². The number of thiol groups is 1. The molecule has 0 saturated carbocycles. The van der Waals surface area contributed by atoms with Gasteiger partial charge in [-0.15, -0.1) is 12.6 Å². The zero-order valence-corrected chi connectivity index (χ0v) is 7.57. The van der Waals surface area contributed by atoms with Crippen molar-refractivity contribution in [2.75, 3.05) is 0 Å². The van der Waals surface area contributed by atoms with Gasteiger partial charge in [-0.25, -0.2) is 0 Å². The quantitative estimate of drug-likeness (QED) is 0.593. The summed E-state index contributed by atoms with van der Waals surface area (Å²) < 4.78 is 2.18. The molecule has 1 heterocycles. The highest BCUT2D eigenvalue weighted by Crippen LogP contribution is 2.17. The third-order valence-corrected chi connectivity index (χ3v) is 2.42. The number of hydrogen-bond acceptors (Lipinski definition) is 1. The minimum atomic E-state index is 1.08. The van der Waals surface area contributed by atoms with E-state index < -0.39 is 0 Å². The molecule has 0 saturated heterocycles. The molecule has 0 atom stereocenters. The summed E-state index contributed by atoms with van der Waals surface area (Å²) in [5, 5.41) is 0. The first-order chi connectivity index (χ1) is 4.66. The standard InChI is InChI=1S/C8H13NS/c1-4-7-5-8(10)6(2)9(7)3/h5,10H,4H2,1-3H3. The molecule has 0 unspecified atom stereocenters. The number of rotatable bonds is 1. The van der Waals surface area contributed by atoms with E-state index in [1.54, 1.807) is 0 Å². The number of aromatic nitrogens is 1. The third-order valence-electron chi connectivity index (χ3n) is 1.97. The molecule has 1 aromatic heterocycles. The molecule has 2 heteroatoms. The molecule has 0 aliphatic heterocycles. The Morgan fingerprint density at radius 1 is 1.60 bits per heavy atom. The second kappa shape index (κ2) is 2.70. The van der Waals surface area contributed by atoms with Crippen molar-refractivity contribution in [1.29, 1.82) is 0 Å². The number of hydrogen-bond donors (Lipinski definition) is 1. The summed E-state index contributed by atoms with van der Waals surface area (Å²) in [4.78, 5) is 1.10. The van der Waals surface area contributed by atoms with Crippen molar-refractivity contribution in [2.24, 2.45) is 7.05 Å². The fourth-order valence-corrected chi connectivity index (χ4v) is 1.38. The van der Waals surface area contributed by atoms with Crippen LogP contribution in [0.4, 0.5) is 0 Å². The molecule has 0 spiro atoms. The van der Waals surface area contributed by atoms with Crippen molar-refractivity contribution in [3.05, 3.63) is 17.5 Å². The van der Waals surface area contributed by atoms with Crippen LogP contribution in [-0.4, -0.2) is 4.57 Å². The van der Waals surface area contributed by atoms with E-state index in [2.05, 4.69) is 44.2 Å². The molecule has 0 fully saturated rings. The highest BCUT2D eigenvalue weighted by molar-refractivity contribution is 7.80. The Labute approximate surface area is 67.5 Å². The lowest BCUT2D eigenvalue weighted by Crippen LogP contribution is -1.95. The Morgan fingerprint density at radius 3 is 2.40 bits per heavy atom. The van der Waals surface area contributed by atoms with Crippen LogP contribution in [-0.2, 0) is 13.5 Å². The third kappa shape index (κ3) is 1.08. The Morgan fingerprint density at radius 2 is 2.20 bits per heavy atom. The van der Waals surface area contributed by atoms with Crippen molar-refractivity contribution in [1.82, 2.24) is 4.57 Å². The minimum absolute atomic E-state index is 1.08. The normalized spacial score (nSPS) is 10.4. The molecular weight excluding hydrogens is 142 g/mol. The van der Waals surface area contributed by atoms with E-state index in [-0.39, 0.29) is 0 Å². The Hall–Kier alpha value is -0.370. The van der Waals surface area contributed by atoms with Gasteiger partial charge in [0.05, 0.1) is 0 Å². The zero-order chi connectivity index (χ0) is 7.72. The highest BCUT2D eigenvalue weighted by atomic mass is 32.1. The fourth-order valence-electron chi connectivity index (χ4n) is 1.09. The van der Waals surface area contributed by atoms with Gasteiger partial charge in [-0.1, -0.05) is 6.92 Å². The van der Waals surface area contributed by atoms with Crippen molar-refractivity contribution >= 4 is 12.6 Å². The molecule has 56 valence electrons. The molecular formula is C8H13NS. The van der Waals surface area contributed by atoms with Crippen LogP contribution in [0.2, 0.25) is 0 Å². The average Bonchev–Trinajstić information content (AvgIpc) is 2.17. The van der Waals surface area contributed by atoms with E-state index in [0.29, 0.717) is 0 Å². The maximum Gasteiger partial charge on any atom is 0.0277 e. The molecule has 0 aliphatic rings. The largest absolute Gasteiger partial charge is 0.351 e. The van der Waals surface area contributed by atoms with Gasteiger partial charge in [0.2, 0.25) is 0 Å². The van der Waals surface area contributed by atoms with Gasteiger partial charge in [-0.2, -0.15) is 0 Å². The van der Waals surface area contributed by atoms with Crippen molar-refractivity contribution < 1.29 is 0 Å². The molecule has 0 aromatic carbocycles. The smallest absolute Gasteiger partial charge is 0.0277 e. The predicted octanol–water partition coefficient (Wildman–Crippen LogP) is 2.18. The van der Waals surface area contributed by atoms with E-state index in [9.17, 15) is 0 Å². The van der Waals surface area contributed by atoms with Gasteiger partial charge < -0.3 is 4.57 Å². The summed E-state index contributed by atoms with van der Waals surface area (Å²) in [5.41, 5.74) is 2.60. The SMILES string of the molecule is CCc1cc(S)c(C)n1C. The first-order valence-electron chi connectivity index (χ1n) is 3.51. The lowest BCUT2D eigenvalue weighted by atomic mass is 10.3. The molecule has 1 rings (SSSR count). The van der Waals surface area contributed by atoms with E-state index in [1.807, 2.05) is 0 Å². The van der Waals surface area contributed by atoms with Crippen LogP contribution in [0.5, 0.6) is 0 Å². The van der Waals surface area contributed by atoms with Gasteiger partial charge in [0.25, 0.3) is 0 Å². The molecule has 10 heavy (non-hydrogen) atoms. The summed E-state index contributed by atoms with van der Waals surface area (Å²) >= 11 is 4.32. The fraction of sp³-hybridized carbons (Fsp3) is 0.500. The molecule has 0 radical (unpaired) electrons. The van der Waals surface area contributed by atoms with E-state index in [1.165, 1.54) is 11.4 Å². The van der Waals surface area contributed by atoms with E-state index in [4.69, 9.17) is 0 Å². The topological polar surface area (TPSA) is 4.93 Å². The second-order valence-corrected chi connectivity index (χ2v) is 3.00. The molecule has 0 bridgehead atoms. The van der Waals surface area contributed by atoms with E-state index in [0.717, 1.165) is 11.3 Å². The minimum Gasteiger partial charge on any atom is -0.351 e. The van der Waals surface area contributed by atoms with Gasteiger partial charge in [0.1, 0.15) is 0 Å². The van der Waals surface area contributed by atoms with Gasteiger partial charge in [-0.05, 0) is 19.4 Å². The molecule has 1 nitrogen and oxygen atoms in total. The molecule has 0 aliphatic carbocycles. The molecule has 0 amide bonds. The van der Waals surface area contributed by atoms with Gasteiger partial charge in [0.15, 0.2) is 0 Å². The maximum absolute atomic E-state index is 4.32. The molecule has 1 aromatic rings. The second-order valence-electron chi connectivity index (χ2n) is 2.52. The summed E-state index contributed by atoms with van der Waals surface area (Å²) in [6.07, 6.45) is 1.08. The lowest BCUT2D eigenvalue weighted by Gasteiger charge is -2.00. The van der Waals surface area contributed by atoms with Crippen LogP contribution in [0.3, 0.4) is 0 Å². The summed E-state index contributed by atoms with van der Waals surface area (Å²) in [6.45, 7) is 4.24. The average molecular weight is 155 g/mol. The monoisotopic (exact) mass is 155 g/mol. The van der Waals surface area contributed by atoms with Crippen molar-refractivity contribution in [3.63, 3.8) is 0 Å². The maximum atomic E-state index is 4.32. The van der Waals surface area contributed by atoms with Crippen LogP contribution >= 0.6 is 12.6 Å². The Bertz CT molecular complexity index is 238. The predicted molar refractivity (Wildman–Crippen MR) is 46.8 cm³/mol. The Kier molecular flexibility index (Phi) is 2.09. The first-order valence-corrected chi connectivity index (χ1v) is 3.95. The summed E-state index contributed by atoms with van der Waals surface area (Å²) in [6, 6.07) is 2.12. The zero-order valence-electron chi connectivity index (χ0n) is 6.68. The van der Waals surface area contributed by atoms with E-state index >= 15 is 0 Å². The lowest BCUT2D eigenvalue weighted by molar-refractivity contribution is 0.803. The van der Waals surface area contributed by atoms with Crippen LogP contribution < -0.4 is 0 Å². The van der Waals surface area contributed by atoms with Crippen LogP contribution in [0, 0.1) is 6.92 Å². The van der Waals surface area contributed by atoms with Gasteiger partial charge >= 0.3 is 0 Å². The number of aryl methyl sites for hydroxylation is 1. The van der Waals surface area contributed by atoms with Crippen LogP contribution in [0.15, 0.2) is 11.0 Å². The van der Waals surface area contributed by atoms with Crippen LogP contribution in [0.25, 0.3) is 0 Å². The first kappa shape index (κ1) is 7.73. The summed E-state index contributed by atoms with van der Waals surface area (Å²) in [7, 11) is 2.08. The number of nitrogens with zero attached hydrogens (tertiary/aromatic N) is 1. The summed E-state index contributed by atoms with van der Waals surface area (Å²) in [5.74, 6) is 0.